The van der Waals surface area contributed by atoms with Gasteiger partial charge in [0, 0.05) is 59.7 Å². The predicted molar refractivity (Wildman–Crippen MR) is 113 cm³/mol. The van der Waals surface area contributed by atoms with Gasteiger partial charge in [-0.3, -0.25) is 4.90 Å². The molecule has 0 atom stereocenters. The molecule has 0 amide bonds. The van der Waals surface area contributed by atoms with Crippen molar-refractivity contribution in [3.05, 3.63) is 72.4 Å². The molecule has 0 N–H and O–H groups in total. The van der Waals surface area contributed by atoms with E-state index in [2.05, 4.69) is 63.0 Å². The summed E-state index contributed by atoms with van der Waals surface area (Å²) in [6.07, 6.45) is 4.24. The molecule has 1 saturated heterocycles. The van der Waals surface area contributed by atoms with Gasteiger partial charge in [-0.05, 0) is 36.6 Å². The number of likely N-dealkylation sites (tertiary alicyclic amines) is 1. The molecule has 3 heterocycles. The molecule has 1 aliphatic heterocycles. The first kappa shape index (κ1) is 17.3. The lowest BCUT2D eigenvalue weighted by molar-refractivity contribution is 0.183. The summed E-state index contributed by atoms with van der Waals surface area (Å²) < 4.78 is 7.70. The molecule has 4 nitrogen and oxygen atoms in total. The van der Waals surface area contributed by atoms with E-state index in [0.717, 1.165) is 32.5 Å². The first-order valence-corrected chi connectivity index (χ1v) is 9.94. The maximum Gasteiger partial charge on any atom is 0.212 e. The highest BCUT2D eigenvalue weighted by Gasteiger charge is 2.23. The summed E-state index contributed by atoms with van der Waals surface area (Å²) in [6, 6.07) is 23.1. The van der Waals surface area contributed by atoms with E-state index in [1.807, 2.05) is 18.3 Å². The zero-order valence-corrected chi connectivity index (χ0v) is 16.1. The molecule has 0 bridgehead atoms. The van der Waals surface area contributed by atoms with Gasteiger partial charge in [-0.25, -0.2) is 4.98 Å². The molecule has 0 spiro atoms. The molecule has 0 saturated carbocycles. The highest BCUT2D eigenvalue weighted by Crippen LogP contribution is 2.35. The van der Waals surface area contributed by atoms with Gasteiger partial charge in [0.05, 0.1) is 7.11 Å². The van der Waals surface area contributed by atoms with Gasteiger partial charge in [0.25, 0.3) is 0 Å². The molecule has 28 heavy (non-hydrogen) atoms. The largest absolute Gasteiger partial charge is 0.481 e. The van der Waals surface area contributed by atoms with Crippen LogP contribution in [0.5, 0.6) is 5.88 Å². The van der Waals surface area contributed by atoms with Gasteiger partial charge in [-0.15, -0.1) is 0 Å². The van der Waals surface area contributed by atoms with Crippen molar-refractivity contribution in [1.82, 2.24) is 14.5 Å². The summed E-state index contributed by atoms with van der Waals surface area (Å²) in [5.41, 5.74) is 3.88. The average Bonchev–Trinajstić information content (AvgIpc) is 3.09. The number of aromatic nitrogens is 2. The Bertz CT molecular complexity index is 1040. The van der Waals surface area contributed by atoms with Crippen molar-refractivity contribution in [2.24, 2.45) is 0 Å². The van der Waals surface area contributed by atoms with Crippen LogP contribution in [0.15, 0.2) is 60.8 Å². The van der Waals surface area contributed by atoms with Crippen molar-refractivity contribution in [2.75, 3.05) is 20.2 Å². The van der Waals surface area contributed by atoms with E-state index in [9.17, 15) is 0 Å². The number of benzene rings is 2. The molecule has 2 aromatic carbocycles. The maximum absolute atomic E-state index is 5.15. The Morgan fingerprint density at radius 3 is 2.64 bits per heavy atom. The van der Waals surface area contributed by atoms with E-state index < -0.39 is 0 Å². The highest BCUT2D eigenvalue weighted by atomic mass is 16.5. The monoisotopic (exact) mass is 370 g/mol. The second-order valence-electron chi connectivity index (χ2n) is 7.53. The van der Waals surface area contributed by atoms with Gasteiger partial charge < -0.3 is 9.30 Å². The minimum atomic E-state index is 0.531. The number of rotatable bonds is 4. The molecular weight excluding hydrogens is 346 g/mol. The summed E-state index contributed by atoms with van der Waals surface area (Å²) >= 11 is 0. The van der Waals surface area contributed by atoms with E-state index in [0.29, 0.717) is 11.9 Å². The molecule has 5 rings (SSSR count). The fourth-order valence-electron chi connectivity index (χ4n) is 4.48. The lowest BCUT2D eigenvalue weighted by Crippen LogP contribution is -2.34. The Morgan fingerprint density at radius 2 is 1.86 bits per heavy atom. The average molecular weight is 370 g/mol. The van der Waals surface area contributed by atoms with Gasteiger partial charge in [0.1, 0.15) is 0 Å². The number of hydrogen-bond acceptors (Lipinski definition) is 3. The third-order valence-electron chi connectivity index (χ3n) is 5.86. The number of ether oxygens (including phenoxy) is 1. The Kier molecular flexibility index (Phi) is 4.49. The van der Waals surface area contributed by atoms with E-state index >= 15 is 0 Å². The molecule has 0 aliphatic carbocycles. The molecule has 4 heteroatoms. The molecule has 1 radical (unpaired) electrons. The summed E-state index contributed by atoms with van der Waals surface area (Å²) in [4.78, 5) is 6.86. The van der Waals surface area contributed by atoms with E-state index in [-0.39, 0.29) is 0 Å². The van der Waals surface area contributed by atoms with Crippen molar-refractivity contribution in [2.45, 2.75) is 25.4 Å². The van der Waals surface area contributed by atoms with Crippen LogP contribution in [-0.2, 0) is 6.54 Å². The number of methoxy groups -OCH3 is 1. The van der Waals surface area contributed by atoms with Crippen LogP contribution in [0.4, 0.5) is 0 Å². The summed E-state index contributed by atoms with van der Waals surface area (Å²) in [5, 5.41) is 2.55. The van der Waals surface area contributed by atoms with Crippen LogP contribution in [0.1, 0.15) is 24.4 Å². The number of fused-ring (bicyclic) bond motifs is 3. The molecule has 4 aromatic rings. The third kappa shape index (κ3) is 3.04. The van der Waals surface area contributed by atoms with Crippen molar-refractivity contribution >= 4 is 21.8 Å². The van der Waals surface area contributed by atoms with Gasteiger partial charge in [-0.1, -0.05) is 36.4 Å². The van der Waals surface area contributed by atoms with Gasteiger partial charge in [-0.2, -0.15) is 0 Å². The van der Waals surface area contributed by atoms with Gasteiger partial charge in [0.2, 0.25) is 5.88 Å². The number of nitrogens with zero attached hydrogens (tertiary/aromatic N) is 3. The fraction of sp³-hybridized carbons (Fsp3) is 0.292. The van der Waals surface area contributed by atoms with Gasteiger partial charge >= 0.3 is 0 Å². The Balaban J connectivity index is 1.36. The topological polar surface area (TPSA) is 30.3 Å². The first-order valence-electron chi connectivity index (χ1n) is 9.94. The SMILES string of the molecule is COc1ccc(CN2CCC(n3c4ccc[c]c4c4ccccc43)CC2)cn1. The van der Waals surface area contributed by atoms with Crippen LogP contribution >= 0.6 is 0 Å². The van der Waals surface area contributed by atoms with Crippen LogP contribution in [0, 0.1) is 6.07 Å². The number of hydrogen-bond donors (Lipinski definition) is 0. The van der Waals surface area contributed by atoms with Crippen LogP contribution in [0.25, 0.3) is 21.8 Å². The zero-order chi connectivity index (χ0) is 18.9. The minimum Gasteiger partial charge on any atom is -0.481 e. The van der Waals surface area contributed by atoms with Crippen molar-refractivity contribution in [3.63, 3.8) is 0 Å². The highest BCUT2D eigenvalue weighted by molar-refractivity contribution is 6.07. The summed E-state index contributed by atoms with van der Waals surface area (Å²) in [6.45, 7) is 3.15. The maximum atomic E-state index is 5.15. The molecule has 1 fully saturated rings. The van der Waals surface area contributed by atoms with Crippen molar-refractivity contribution in [1.29, 1.82) is 0 Å². The minimum absolute atomic E-state index is 0.531. The standard InChI is InChI=1S/C24H24N3O/c1-28-24-11-10-18(16-25-24)17-26-14-12-19(13-15-26)27-22-8-4-2-6-20(22)21-7-3-5-9-23(21)27/h2-6,8-11,16,19H,12-15,17H2,1H3. The second kappa shape index (κ2) is 7.28. The second-order valence-corrected chi connectivity index (χ2v) is 7.53. The fourth-order valence-corrected chi connectivity index (χ4v) is 4.48. The summed E-state index contributed by atoms with van der Waals surface area (Å²) in [5.74, 6) is 0.672. The number of piperidine rings is 1. The van der Waals surface area contributed by atoms with Crippen LogP contribution in [0.3, 0.4) is 0 Å². The smallest absolute Gasteiger partial charge is 0.212 e. The van der Waals surface area contributed by atoms with Crippen molar-refractivity contribution in [3.8, 4) is 5.88 Å². The number of pyridine rings is 1. The molecule has 1 aliphatic rings. The normalized spacial score (nSPS) is 16.0. The van der Waals surface area contributed by atoms with E-state index in [1.54, 1.807) is 7.11 Å². The third-order valence-corrected chi connectivity index (χ3v) is 5.86. The van der Waals surface area contributed by atoms with Gasteiger partial charge in [0.15, 0.2) is 0 Å². The Hall–Kier alpha value is -2.85. The van der Waals surface area contributed by atoms with Crippen molar-refractivity contribution < 1.29 is 4.74 Å². The molecule has 141 valence electrons. The molecule has 2 aromatic heterocycles. The van der Waals surface area contributed by atoms with Crippen LogP contribution in [0.2, 0.25) is 0 Å². The zero-order valence-electron chi connectivity index (χ0n) is 16.1. The first-order chi connectivity index (χ1) is 13.8. The quantitative estimate of drug-likeness (QED) is 0.515. The number of para-hydroxylation sites is 1. The molecule has 0 unspecified atom stereocenters. The van der Waals surface area contributed by atoms with Crippen LogP contribution < -0.4 is 4.74 Å². The lowest BCUT2D eigenvalue weighted by atomic mass is 10.0. The Labute approximate surface area is 165 Å². The van der Waals surface area contributed by atoms with E-state index in [1.165, 1.54) is 27.4 Å². The van der Waals surface area contributed by atoms with E-state index in [4.69, 9.17) is 4.74 Å². The van der Waals surface area contributed by atoms with Crippen LogP contribution in [-0.4, -0.2) is 34.7 Å². The lowest BCUT2D eigenvalue weighted by Gasteiger charge is -2.33. The Morgan fingerprint density at radius 1 is 1.04 bits per heavy atom. The predicted octanol–water partition coefficient (Wildman–Crippen LogP) is 4.84. The summed E-state index contributed by atoms with van der Waals surface area (Å²) in [7, 11) is 1.65. The molecular formula is C24H24N3O.